The largest absolute Gasteiger partial charge is 0.390 e. The van der Waals surface area contributed by atoms with Crippen molar-refractivity contribution in [3.63, 3.8) is 0 Å². The van der Waals surface area contributed by atoms with Gasteiger partial charge < -0.3 is 14.6 Å². The molecule has 0 spiro atoms. The van der Waals surface area contributed by atoms with Crippen LogP contribution in [0.5, 0.6) is 0 Å². The first-order chi connectivity index (χ1) is 12.0. The summed E-state index contributed by atoms with van der Waals surface area (Å²) in [4.78, 5) is 4.65. The summed E-state index contributed by atoms with van der Waals surface area (Å²) in [6, 6.07) is 8.41. The van der Waals surface area contributed by atoms with E-state index < -0.39 is 0 Å². The zero-order chi connectivity index (χ0) is 17.8. The van der Waals surface area contributed by atoms with E-state index in [0.29, 0.717) is 13.1 Å². The lowest BCUT2D eigenvalue weighted by molar-refractivity contribution is -0.0825. The van der Waals surface area contributed by atoms with Gasteiger partial charge in [-0.25, -0.2) is 0 Å². The zero-order valence-corrected chi connectivity index (χ0v) is 15.7. The van der Waals surface area contributed by atoms with Gasteiger partial charge in [-0.15, -0.1) is 0 Å². The third-order valence-electron chi connectivity index (χ3n) is 5.12. The highest BCUT2D eigenvalue weighted by Gasteiger charge is 2.27. The van der Waals surface area contributed by atoms with E-state index in [4.69, 9.17) is 9.47 Å². The summed E-state index contributed by atoms with van der Waals surface area (Å²) >= 11 is 0. The van der Waals surface area contributed by atoms with E-state index in [1.54, 1.807) is 0 Å². The molecule has 2 fully saturated rings. The Bertz CT molecular complexity index is 543. The van der Waals surface area contributed by atoms with Crippen LogP contribution in [0.1, 0.15) is 31.1 Å². The van der Waals surface area contributed by atoms with Crippen LogP contribution in [0.3, 0.4) is 0 Å². The summed E-state index contributed by atoms with van der Waals surface area (Å²) in [7, 11) is 0. The molecule has 5 heteroatoms. The van der Waals surface area contributed by atoms with Crippen LogP contribution < -0.4 is 0 Å². The van der Waals surface area contributed by atoms with Crippen LogP contribution in [-0.2, 0) is 9.47 Å². The summed E-state index contributed by atoms with van der Waals surface area (Å²) in [6.07, 6.45) is 0.244. The Labute approximate surface area is 151 Å². The van der Waals surface area contributed by atoms with Crippen molar-refractivity contribution in [3.05, 3.63) is 35.4 Å². The quantitative estimate of drug-likeness (QED) is 0.880. The van der Waals surface area contributed by atoms with Crippen LogP contribution in [0.4, 0.5) is 0 Å². The topological polar surface area (TPSA) is 45.2 Å². The van der Waals surface area contributed by atoms with E-state index >= 15 is 0 Å². The molecule has 5 nitrogen and oxygen atoms in total. The van der Waals surface area contributed by atoms with Gasteiger partial charge in [-0.1, -0.05) is 24.3 Å². The normalized spacial score (nSPS) is 30.3. The van der Waals surface area contributed by atoms with Gasteiger partial charge in [-0.2, -0.15) is 0 Å². The minimum atomic E-state index is -0.340. The van der Waals surface area contributed by atoms with Crippen LogP contribution in [-0.4, -0.2) is 79.1 Å². The fraction of sp³-hybridized carbons (Fsp3) is 0.700. The molecule has 2 aliphatic rings. The lowest BCUT2D eigenvalue weighted by Gasteiger charge is -2.38. The number of aliphatic hydroxyl groups excluding tert-OH is 1. The molecule has 4 atom stereocenters. The molecule has 0 aliphatic carbocycles. The molecule has 2 heterocycles. The highest BCUT2D eigenvalue weighted by Crippen LogP contribution is 2.25. The van der Waals surface area contributed by atoms with Gasteiger partial charge in [-0.05, 0) is 31.9 Å². The molecule has 2 aliphatic heterocycles. The third kappa shape index (κ3) is 5.25. The smallest absolute Gasteiger partial charge is 0.0954 e. The summed E-state index contributed by atoms with van der Waals surface area (Å²) in [5.41, 5.74) is 2.53. The van der Waals surface area contributed by atoms with Crippen molar-refractivity contribution >= 4 is 0 Å². The van der Waals surface area contributed by atoms with Gasteiger partial charge in [0.1, 0.15) is 0 Å². The number of nitrogens with zero attached hydrogens (tertiary/aromatic N) is 2. The molecule has 0 aromatic heterocycles. The Morgan fingerprint density at radius 1 is 1.08 bits per heavy atom. The van der Waals surface area contributed by atoms with Crippen LogP contribution in [0.15, 0.2) is 24.3 Å². The van der Waals surface area contributed by atoms with Gasteiger partial charge in [0.05, 0.1) is 31.0 Å². The second-order valence-electron chi connectivity index (χ2n) is 7.61. The Morgan fingerprint density at radius 3 is 2.48 bits per heavy atom. The fourth-order valence-electron chi connectivity index (χ4n) is 4.09. The first-order valence-electron chi connectivity index (χ1n) is 9.46. The number of ether oxygens (including phenoxy) is 2. The minimum absolute atomic E-state index is 0.102. The van der Waals surface area contributed by atoms with Crippen LogP contribution in [0.25, 0.3) is 0 Å². The van der Waals surface area contributed by atoms with E-state index in [9.17, 15) is 5.11 Å². The monoisotopic (exact) mass is 348 g/mol. The van der Waals surface area contributed by atoms with E-state index in [1.165, 1.54) is 11.1 Å². The lowest BCUT2D eigenvalue weighted by atomic mass is 10.0. The molecule has 4 unspecified atom stereocenters. The Morgan fingerprint density at radius 2 is 1.76 bits per heavy atom. The summed E-state index contributed by atoms with van der Waals surface area (Å²) in [6.45, 7) is 12.0. The maximum absolute atomic E-state index is 10.6. The predicted molar refractivity (Wildman–Crippen MR) is 98.8 cm³/mol. The molecule has 0 bridgehead atoms. The molecule has 2 saturated heterocycles. The Hall–Kier alpha value is -0.980. The second-order valence-corrected chi connectivity index (χ2v) is 7.61. The van der Waals surface area contributed by atoms with Crippen LogP contribution >= 0.6 is 0 Å². The van der Waals surface area contributed by atoms with Crippen molar-refractivity contribution in [2.24, 2.45) is 0 Å². The molecule has 1 N–H and O–H groups in total. The van der Waals surface area contributed by atoms with E-state index in [2.05, 4.69) is 54.8 Å². The predicted octanol–water partition coefficient (Wildman–Crippen LogP) is 1.84. The zero-order valence-electron chi connectivity index (χ0n) is 15.7. The number of β-amino-alcohol motifs (C(OH)–C–C–N with tert-alkyl or cyclic N) is 1. The molecule has 3 rings (SSSR count). The first kappa shape index (κ1) is 18.8. The Balaban J connectivity index is 1.51. The highest BCUT2D eigenvalue weighted by molar-refractivity contribution is 5.28. The number of hydrogen-bond acceptors (Lipinski definition) is 5. The molecule has 1 aromatic carbocycles. The van der Waals surface area contributed by atoms with Gasteiger partial charge in [0.25, 0.3) is 0 Å². The molecule has 0 radical (unpaired) electrons. The number of morpholine rings is 2. The third-order valence-corrected chi connectivity index (χ3v) is 5.12. The number of benzene rings is 1. The van der Waals surface area contributed by atoms with Gasteiger partial charge in [0.2, 0.25) is 0 Å². The van der Waals surface area contributed by atoms with Crippen LogP contribution in [0, 0.1) is 6.92 Å². The molecule has 140 valence electrons. The maximum Gasteiger partial charge on any atom is 0.0954 e. The van der Waals surface area contributed by atoms with Gasteiger partial charge >= 0.3 is 0 Å². The number of aryl methyl sites for hydroxylation is 1. The molecule has 25 heavy (non-hydrogen) atoms. The van der Waals surface area contributed by atoms with Gasteiger partial charge in [-0.3, -0.25) is 9.80 Å². The number of aliphatic hydroxyl groups is 1. The van der Waals surface area contributed by atoms with E-state index in [-0.39, 0.29) is 24.4 Å². The molecule has 1 aromatic rings. The van der Waals surface area contributed by atoms with Crippen molar-refractivity contribution < 1.29 is 14.6 Å². The van der Waals surface area contributed by atoms with Crippen molar-refractivity contribution in [1.29, 1.82) is 0 Å². The maximum atomic E-state index is 10.6. The van der Waals surface area contributed by atoms with Crippen molar-refractivity contribution in [2.75, 3.05) is 45.9 Å². The average Bonchev–Trinajstić information content (AvgIpc) is 2.54. The first-order valence-corrected chi connectivity index (χ1v) is 9.46. The van der Waals surface area contributed by atoms with Crippen molar-refractivity contribution in [1.82, 2.24) is 9.80 Å². The molecular formula is C20H32N2O3. The molecule has 0 saturated carbocycles. The van der Waals surface area contributed by atoms with Crippen LogP contribution in [0.2, 0.25) is 0 Å². The SMILES string of the molecule is Cc1ccccc1C1CN(CC(O)CN2CC(C)OC(C)C2)CCO1. The number of rotatable bonds is 5. The highest BCUT2D eigenvalue weighted by atomic mass is 16.5. The Kier molecular flexibility index (Phi) is 6.47. The average molecular weight is 348 g/mol. The summed E-state index contributed by atoms with van der Waals surface area (Å²) < 4.78 is 11.8. The van der Waals surface area contributed by atoms with Gasteiger partial charge in [0.15, 0.2) is 0 Å². The van der Waals surface area contributed by atoms with E-state index in [0.717, 1.165) is 32.8 Å². The van der Waals surface area contributed by atoms with Crippen molar-refractivity contribution in [3.8, 4) is 0 Å². The van der Waals surface area contributed by atoms with Crippen molar-refractivity contribution in [2.45, 2.75) is 45.2 Å². The van der Waals surface area contributed by atoms with Gasteiger partial charge in [0, 0.05) is 39.3 Å². The fourth-order valence-corrected chi connectivity index (χ4v) is 4.09. The molecule has 0 amide bonds. The van der Waals surface area contributed by atoms with E-state index in [1.807, 2.05) is 0 Å². The lowest BCUT2D eigenvalue weighted by Crippen LogP contribution is -2.50. The standard InChI is InChI=1S/C20H32N2O3/c1-15-6-4-5-7-19(15)20-14-21(8-9-24-20)12-18(23)13-22-10-16(2)25-17(3)11-22/h4-7,16-18,20,23H,8-14H2,1-3H3. The molecular weight excluding hydrogens is 316 g/mol. The summed E-state index contributed by atoms with van der Waals surface area (Å²) in [5, 5.41) is 10.6. The number of hydrogen-bond donors (Lipinski definition) is 1. The summed E-state index contributed by atoms with van der Waals surface area (Å²) in [5.74, 6) is 0. The minimum Gasteiger partial charge on any atom is -0.390 e. The second kappa shape index (κ2) is 8.60.